The van der Waals surface area contributed by atoms with Gasteiger partial charge < -0.3 is 5.32 Å². The number of hydrogen-bond acceptors (Lipinski definition) is 1. The Balaban J connectivity index is 1.59. The van der Waals surface area contributed by atoms with Crippen molar-refractivity contribution in [3.05, 3.63) is 71.0 Å². The van der Waals surface area contributed by atoms with Crippen LogP contribution in [-0.2, 0) is 19.3 Å². The topological polar surface area (TPSA) is 12.0 Å². The zero-order valence-electron chi connectivity index (χ0n) is 11.8. The number of hydrogen-bond donors (Lipinski definition) is 1. The summed E-state index contributed by atoms with van der Waals surface area (Å²) in [5, 5.41) is 3.63. The molecular formula is C18H20FN. The summed E-state index contributed by atoms with van der Waals surface area (Å²) in [6.07, 6.45) is 2.90. The van der Waals surface area contributed by atoms with Gasteiger partial charge in [0.05, 0.1) is 0 Å². The van der Waals surface area contributed by atoms with Gasteiger partial charge in [-0.2, -0.15) is 0 Å². The van der Waals surface area contributed by atoms with Gasteiger partial charge in [-0.3, -0.25) is 0 Å². The van der Waals surface area contributed by atoms with Crippen LogP contribution in [0.25, 0.3) is 0 Å². The van der Waals surface area contributed by atoms with E-state index in [1.54, 1.807) is 6.07 Å². The molecule has 0 aromatic heterocycles. The first-order chi connectivity index (χ1) is 9.72. The molecule has 2 heteroatoms. The molecule has 0 radical (unpaired) electrons. The van der Waals surface area contributed by atoms with E-state index in [9.17, 15) is 4.39 Å². The van der Waals surface area contributed by atoms with Gasteiger partial charge in [0.15, 0.2) is 0 Å². The average molecular weight is 269 g/mol. The van der Waals surface area contributed by atoms with E-state index >= 15 is 0 Å². The zero-order chi connectivity index (χ0) is 13.9. The number of fused-ring (bicyclic) bond motifs is 1. The second kappa shape index (κ2) is 5.76. The highest BCUT2D eigenvalue weighted by molar-refractivity contribution is 5.33. The molecule has 0 amide bonds. The van der Waals surface area contributed by atoms with E-state index in [-0.39, 0.29) is 11.9 Å². The highest BCUT2D eigenvalue weighted by Gasteiger charge is 2.22. The maximum Gasteiger partial charge on any atom is 0.126 e. The highest BCUT2D eigenvalue weighted by atomic mass is 19.1. The number of benzene rings is 2. The third-order valence-electron chi connectivity index (χ3n) is 4.06. The molecule has 1 nitrogen and oxygen atoms in total. The van der Waals surface area contributed by atoms with Crippen LogP contribution in [0, 0.1) is 5.82 Å². The van der Waals surface area contributed by atoms with Crippen LogP contribution in [0.15, 0.2) is 48.5 Å². The lowest BCUT2D eigenvalue weighted by Gasteiger charge is -2.19. The minimum atomic E-state index is -0.101. The molecule has 1 atom stereocenters. The molecule has 1 aliphatic rings. The van der Waals surface area contributed by atoms with Crippen LogP contribution in [0.5, 0.6) is 0 Å². The predicted molar refractivity (Wildman–Crippen MR) is 80.3 cm³/mol. The molecule has 0 saturated carbocycles. The Morgan fingerprint density at radius 2 is 1.65 bits per heavy atom. The summed E-state index contributed by atoms with van der Waals surface area (Å²) in [7, 11) is 0. The van der Waals surface area contributed by atoms with Crippen molar-refractivity contribution in [2.24, 2.45) is 0 Å². The lowest BCUT2D eigenvalue weighted by atomic mass is 10.1. The maximum absolute atomic E-state index is 13.7. The van der Waals surface area contributed by atoms with Gasteiger partial charge in [-0.05, 0) is 48.9 Å². The molecule has 1 aliphatic carbocycles. The fraction of sp³-hybridized carbons (Fsp3) is 0.333. The molecule has 0 spiro atoms. The summed E-state index contributed by atoms with van der Waals surface area (Å²) in [6, 6.07) is 16.4. The van der Waals surface area contributed by atoms with Gasteiger partial charge >= 0.3 is 0 Å². The first kappa shape index (κ1) is 13.3. The van der Waals surface area contributed by atoms with Gasteiger partial charge in [0.2, 0.25) is 0 Å². The van der Waals surface area contributed by atoms with Crippen LogP contribution >= 0.6 is 0 Å². The van der Waals surface area contributed by atoms with Crippen molar-refractivity contribution >= 4 is 0 Å². The van der Waals surface area contributed by atoms with Gasteiger partial charge in [-0.15, -0.1) is 0 Å². The Labute approximate surface area is 119 Å². The van der Waals surface area contributed by atoms with E-state index in [1.807, 2.05) is 12.1 Å². The fourth-order valence-electron chi connectivity index (χ4n) is 3.13. The molecule has 0 saturated heterocycles. The van der Waals surface area contributed by atoms with E-state index in [0.29, 0.717) is 6.04 Å². The first-order valence-electron chi connectivity index (χ1n) is 7.28. The third kappa shape index (κ3) is 2.91. The smallest absolute Gasteiger partial charge is 0.126 e. The summed E-state index contributed by atoms with van der Waals surface area (Å²) in [6.45, 7) is 2.13. The molecule has 0 heterocycles. The van der Waals surface area contributed by atoms with Gasteiger partial charge in [-0.1, -0.05) is 42.5 Å². The minimum Gasteiger partial charge on any atom is -0.311 e. The molecule has 0 fully saturated rings. The van der Waals surface area contributed by atoms with Crippen molar-refractivity contribution in [3.63, 3.8) is 0 Å². The number of nitrogens with one attached hydrogen (secondary N) is 1. The molecule has 2 aromatic carbocycles. The standard InChI is InChI=1S/C18H20FN/c1-13(10-16-8-4-5-9-18(16)19)20-17-11-14-6-2-3-7-15(14)12-17/h2-9,13,17,20H,10-12H2,1H3. The molecule has 0 bridgehead atoms. The van der Waals surface area contributed by atoms with E-state index < -0.39 is 0 Å². The molecule has 2 aromatic rings. The molecule has 1 N–H and O–H groups in total. The van der Waals surface area contributed by atoms with Crippen molar-refractivity contribution < 1.29 is 4.39 Å². The van der Waals surface area contributed by atoms with Gasteiger partial charge in [-0.25, -0.2) is 4.39 Å². The summed E-state index contributed by atoms with van der Waals surface area (Å²) in [4.78, 5) is 0. The summed E-state index contributed by atoms with van der Waals surface area (Å²) in [5.41, 5.74) is 3.69. The molecule has 0 aliphatic heterocycles. The molecule has 1 unspecified atom stereocenters. The van der Waals surface area contributed by atoms with E-state index in [4.69, 9.17) is 0 Å². The number of halogens is 1. The molecular weight excluding hydrogens is 249 g/mol. The monoisotopic (exact) mass is 269 g/mol. The van der Waals surface area contributed by atoms with Crippen LogP contribution in [0.3, 0.4) is 0 Å². The maximum atomic E-state index is 13.7. The lowest BCUT2D eigenvalue weighted by molar-refractivity contribution is 0.448. The predicted octanol–water partition coefficient (Wildman–Crippen LogP) is 3.51. The van der Waals surface area contributed by atoms with Gasteiger partial charge in [0, 0.05) is 12.1 Å². The van der Waals surface area contributed by atoms with E-state index in [0.717, 1.165) is 24.8 Å². The molecule has 20 heavy (non-hydrogen) atoms. The van der Waals surface area contributed by atoms with Crippen molar-refractivity contribution in [2.45, 2.75) is 38.3 Å². The summed E-state index contributed by atoms with van der Waals surface area (Å²) >= 11 is 0. The van der Waals surface area contributed by atoms with Crippen molar-refractivity contribution in [2.75, 3.05) is 0 Å². The van der Waals surface area contributed by atoms with Crippen LogP contribution in [0.1, 0.15) is 23.6 Å². The second-order valence-corrected chi connectivity index (χ2v) is 5.74. The van der Waals surface area contributed by atoms with Gasteiger partial charge in [0.1, 0.15) is 5.82 Å². The van der Waals surface area contributed by atoms with Crippen LogP contribution in [0.2, 0.25) is 0 Å². The van der Waals surface area contributed by atoms with E-state index in [1.165, 1.54) is 17.2 Å². The van der Waals surface area contributed by atoms with Crippen LogP contribution < -0.4 is 5.32 Å². The van der Waals surface area contributed by atoms with Crippen LogP contribution in [0.4, 0.5) is 4.39 Å². The summed E-state index contributed by atoms with van der Waals surface area (Å²) in [5.74, 6) is -0.101. The largest absolute Gasteiger partial charge is 0.311 e. The van der Waals surface area contributed by atoms with E-state index in [2.05, 4.69) is 36.5 Å². The van der Waals surface area contributed by atoms with Crippen molar-refractivity contribution in [3.8, 4) is 0 Å². The zero-order valence-corrected chi connectivity index (χ0v) is 11.8. The fourth-order valence-corrected chi connectivity index (χ4v) is 3.13. The Bertz CT molecular complexity index is 568. The number of rotatable bonds is 4. The quantitative estimate of drug-likeness (QED) is 0.895. The van der Waals surface area contributed by atoms with Crippen molar-refractivity contribution in [1.82, 2.24) is 5.32 Å². The Morgan fingerprint density at radius 3 is 2.30 bits per heavy atom. The van der Waals surface area contributed by atoms with Crippen molar-refractivity contribution in [1.29, 1.82) is 0 Å². The molecule has 3 rings (SSSR count). The Hall–Kier alpha value is -1.67. The summed E-state index contributed by atoms with van der Waals surface area (Å²) < 4.78 is 13.7. The minimum absolute atomic E-state index is 0.101. The first-order valence-corrected chi connectivity index (χ1v) is 7.28. The SMILES string of the molecule is CC(Cc1ccccc1F)NC1Cc2ccccc2C1. The second-order valence-electron chi connectivity index (χ2n) is 5.74. The lowest BCUT2D eigenvalue weighted by Crippen LogP contribution is -2.38. The molecule has 104 valence electrons. The van der Waals surface area contributed by atoms with Crippen LogP contribution in [-0.4, -0.2) is 12.1 Å². The Morgan fingerprint density at radius 1 is 1.05 bits per heavy atom. The average Bonchev–Trinajstić information content (AvgIpc) is 2.83. The third-order valence-corrected chi connectivity index (χ3v) is 4.06. The van der Waals surface area contributed by atoms with Gasteiger partial charge in [0.25, 0.3) is 0 Å². The highest BCUT2D eigenvalue weighted by Crippen LogP contribution is 2.22. The Kier molecular flexibility index (Phi) is 3.83. The normalized spacial score (nSPS) is 16.1.